The quantitative estimate of drug-likeness (QED) is 0.826. The minimum atomic E-state index is -0.125. The van der Waals surface area contributed by atoms with Gasteiger partial charge in [-0.1, -0.05) is 6.92 Å². The number of carbonyl (C=O) groups excluding carboxylic acids is 2. The first-order chi connectivity index (χ1) is 12.7. The molecule has 3 aliphatic heterocycles. The minimum absolute atomic E-state index is 0.0109. The maximum atomic E-state index is 13.0. The molecule has 2 aromatic rings. The predicted molar refractivity (Wildman–Crippen MR) is 91.4 cm³/mol. The molecule has 0 unspecified atom stereocenters. The number of nitrogens with zero attached hydrogens (tertiary/aromatic N) is 5. The van der Waals surface area contributed by atoms with Crippen LogP contribution in [0.25, 0.3) is 0 Å². The van der Waals surface area contributed by atoms with Gasteiger partial charge in [0, 0.05) is 44.5 Å². The van der Waals surface area contributed by atoms with Gasteiger partial charge in [-0.25, -0.2) is 9.97 Å². The number of aryl methyl sites for hydroxylation is 1. The largest absolute Gasteiger partial charge is 0.448 e. The van der Waals surface area contributed by atoms with Gasteiger partial charge in [0.1, 0.15) is 11.5 Å². The second kappa shape index (κ2) is 6.86. The lowest BCUT2D eigenvalue weighted by Gasteiger charge is -2.35. The molecule has 136 valence electrons. The maximum Gasteiger partial charge on any atom is 0.276 e. The topological polar surface area (TPSA) is 92.4 Å². The lowest BCUT2D eigenvalue weighted by atomic mass is 9.94. The van der Waals surface area contributed by atoms with E-state index in [-0.39, 0.29) is 23.8 Å². The van der Waals surface area contributed by atoms with E-state index in [2.05, 4.69) is 15.0 Å². The third kappa shape index (κ3) is 2.95. The number of fused-ring (bicyclic) bond motifs is 4. The predicted octanol–water partition coefficient (Wildman–Crippen LogP) is 1.40. The molecule has 2 bridgehead atoms. The SMILES string of the molecule is CCc1ocnc1C(=O)N1C[C@H]2CC[C@@H]1CN(C(=O)c1cnccn1)C2. The van der Waals surface area contributed by atoms with Crippen molar-refractivity contribution in [3.05, 3.63) is 42.1 Å². The summed E-state index contributed by atoms with van der Waals surface area (Å²) in [7, 11) is 0. The lowest BCUT2D eigenvalue weighted by Crippen LogP contribution is -2.48. The second-order valence-electron chi connectivity index (χ2n) is 6.83. The third-order valence-electron chi connectivity index (χ3n) is 5.21. The number of amides is 2. The van der Waals surface area contributed by atoms with E-state index in [1.807, 2.05) is 16.7 Å². The van der Waals surface area contributed by atoms with Crippen molar-refractivity contribution in [2.75, 3.05) is 19.6 Å². The van der Waals surface area contributed by atoms with Crippen molar-refractivity contribution in [1.29, 1.82) is 0 Å². The van der Waals surface area contributed by atoms with Crippen LogP contribution in [0.2, 0.25) is 0 Å². The van der Waals surface area contributed by atoms with E-state index in [1.165, 1.54) is 18.8 Å². The number of hydrogen-bond acceptors (Lipinski definition) is 6. The molecule has 0 saturated carbocycles. The van der Waals surface area contributed by atoms with Gasteiger partial charge in [0.2, 0.25) is 0 Å². The summed E-state index contributed by atoms with van der Waals surface area (Å²) in [6, 6.07) is -0.0109. The van der Waals surface area contributed by atoms with Crippen LogP contribution in [-0.4, -0.2) is 62.2 Å². The summed E-state index contributed by atoms with van der Waals surface area (Å²) in [6.45, 7) is 3.73. The van der Waals surface area contributed by atoms with Crippen molar-refractivity contribution in [3.63, 3.8) is 0 Å². The monoisotopic (exact) mass is 355 g/mol. The Morgan fingerprint density at radius 1 is 1.15 bits per heavy atom. The van der Waals surface area contributed by atoms with Crippen molar-refractivity contribution in [3.8, 4) is 0 Å². The molecule has 2 atom stereocenters. The molecular weight excluding hydrogens is 334 g/mol. The first-order valence-corrected chi connectivity index (χ1v) is 8.96. The molecule has 0 aromatic carbocycles. The fourth-order valence-electron chi connectivity index (χ4n) is 3.90. The number of carbonyl (C=O) groups is 2. The highest BCUT2D eigenvalue weighted by atomic mass is 16.3. The summed E-state index contributed by atoms with van der Waals surface area (Å²) in [4.78, 5) is 41.7. The molecule has 2 aromatic heterocycles. The zero-order valence-corrected chi connectivity index (χ0v) is 14.7. The van der Waals surface area contributed by atoms with E-state index in [4.69, 9.17) is 4.42 Å². The number of piperidine rings is 1. The van der Waals surface area contributed by atoms with Gasteiger partial charge in [0.25, 0.3) is 11.8 Å². The molecule has 8 heteroatoms. The summed E-state index contributed by atoms with van der Waals surface area (Å²) in [6.07, 6.45) is 8.41. The molecule has 5 heterocycles. The number of oxazole rings is 1. The van der Waals surface area contributed by atoms with Gasteiger partial charge in [-0.3, -0.25) is 14.6 Å². The van der Waals surface area contributed by atoms with Crippen molar-refractivity contribution < 1.29 is 14.0 Å². The first kappa shape index (κ1) is 16.7. The molecule has 8 nitrogen and oxygen atoms in total. The molecule has 0 aliphatic carbocycles. The van der Waals surface area contributed by atoms with Gasteiger partial charge in [-0.05, 0) is 18.8 Å². The van der Waals surface area contributed by atoms with Crippen molar-refractivity contribution in [1.82, 2.24) is 24.8 Å². The van der Waals surface area contributed by atoms with Crippen LogP contribution >= 0.6 is 0 Å². The maximum absolute atomic E-state index is 13.0. The van der Waals surface area contributed by atoms with Crippen molar-refractivity contribution >= 4 is 11.8 Å². The minimum Gasteiger partial charge on any atom is -0.448 e. The van der Waals surface area contributed by atoms with Crippen LogP contribution in [-0.2, 0) is 6.42 Å². The Hall–Kier alpha value is -2.77. The van der Waals surface area contributed by atoms with Crippen LogP contribution in [0.3, 0.4) is 0 Å². The molecule has 0 radical (unpaired) electrons. The molecule has 3 saturated heterocycles. The van der Waals surface area contributed by atoms with Crippen LogP contribution in [0.15, 0.2) is 29.4 Å². The Bertz CT molecular complexity index is 806. The van der Waals surface area contributed by atoms with E-state index in [0.717, 1.165) is 12.8 Å². The summed E-state index contributed by atoms with van der Waals surface area (Å²) < 4.78 is 5.32. The lowest BCUT2D eigenvalue weighted by molar-refractivity contribution is 0.0567. The second-order valence-corrected chi connectivity index (χ2v) is 6.83. The molecule has 2 amide bonds. The number of hydrogen-bond donors (Lipinski definition) is 0. The van der Waals surface area contributed by atoms with E-state index in [0.29, 0.717) is 43.2 Å². The van der Waals surface area contributed by atoms with E-state index in [9.17, 15) is 9.59 Å². The Labute approximate surface area is 151 Å². The Morgan fingerprint density at radius 2 is 2.04 bits per heavy atom. The van der Waals surface area contributed by atoms with Gasteiger partial charge in [-0.15, -0.1) is 0 Å². The molecule has 3 aliphatic rings. The van der Waals surface area contributed by atoms with E-state index >= 15 is 0 Å². The zero-order chi connectivity index (χ0) is 18.1. The van der Waals surface area contributed by atoms with Crippen molar-refractivity contribution in [2.45, 2.75) is 32.2 Å². The van der Waals surface area contributed by atoms with Crippen LogP contribution in [0, 0.1) is 5.92 Å². The standard InChI is InChI=1S/C18H21N5O3/c1-2-15-16(21-11-26-15)18(25)23-9-12-3-4-13(23)10-22(8-12)17(24)14-7-19-5-6-20-14/h5-7,11-13H,2-4,8-10H2,1H3/t12-,13+/m0/s1. The first-order valence-electron chi connectivity index (χ1n) is 8.96. The Balaban J connectivity index is 1.55. The molecule has 26 heavy (non-hydrogen) atoms. The third-order valence-corrected chi connectivity index (χ3v) is 5.21. The van der Waals surface area contributed by atoms with Crippen LogP contribution in [0.1, 0.15) is 46.5 Å². The van der Waals surface area contributed by atoms with Gasteiger partial charge in [-0.2, -0.15) is 0 Å². The van der Waals surface area contributed by atoms with Crippen LogP contribution < -0.4 is 0 Å². The molecule has 3 fully saturated rings. The van der Waals surface area contributed by atoms with E-state index < -0.39 is 0 Å². The zero-order valence-electron chi connectivity index (χ0n) is 14.7. The summed E-state index contributed by atoms with van der Waals surface area (Å²) in [5, 5.41) is 0. The molecular formula is C18H21N5O3. The Kier molecular flexibility index (Phi) is 4.40. The highest BCUT2D eigenvalue weighted by molar-refractivity contribution is 5.94. The van der Waals surface area contributed by atoms with Gasteiger partial charge in [0.15, 0.2) is 12.1 Å². The van der Waals surface area contributed by atoms with Crippen LogP contribution in [0.5, 0.6) is 0 Å². The fourth-order valence-corrected chi connectivity index (χ4v) is 3.90. The summed E-state index contributed by atoms with van der Waals surface area (Å²) >= 11 is 0. The van der Waals surface area contributed by atoms with Gasteiger partial charge < -0.3 is 14.2 Å². The molecule has 5 rings (SSSR count). The Morgan fingerprint density at radius 3 is 2.81 bits per heavy atom. The summed E-state index contributed by atoms with van der Waals surface area (Å²) in [5.41, 5.74) is 0.739. The van der Waals surface area contributed by atoms with Crippen molar-refractivity contribution in [2.24, 2.45) is 5.92 Å². The highest BCUT2D eigenvalue weighted by Crippen LogP contribution is 2.30. The highest BCUT2D eigenvalue weighted by Gasteiger charge is 2.40. The van der Waals surface area contributed by atoms with Gasteiger partial charge >= 0.3 is 0 Å². The average Bonchev–Trinajstić information content (AvgIpc) is 2.98. The smallest absolute Gasteiger partial charge is 0.276 e. The molecule has 0 N–H and O–H groups in total. The summed E-state index contributed by atoms with van der Waals surface area (Å²) in [5.74, 6) is 0.650. The number of rotatable bonds is 3. The molecule has 0 spiro atoms. The normalized spacial score (nSPS) is 22.3. The van der Waals surface area contributed by atoms with Gasteiger partial charge in [0.05, 0.1) is 6.20 Å². The van der Waals surface area contributed by atoms with Crippen LogP contribution in [0.4, 0.5) is 0 Å². The number of aromatic nitrogens is 3. The van der Waals surface area contributed by atoms with E-state index in [1.54, 1.807) is 6.20 Å². The average molecular weight is 355 g/mol. The fraction of sp³-hybridized carbons (Fsp3) is 0.500.